The molecule has 6 nitrogen and oxygen atoms in total. The first-order valence-corrected chi connectivity index (χ1v) is 11.9. The maximum Gasteiger partial charge on any atom is 0.292 e. The Kier molecular flexibility index (Phi) is 8.06. The number of ether oxygens (including phenoxy) is 1. The first-order chi connectivity index (χ1) is 16.6. The SMILES string of the molecule is O=C(Nc1nn(Cc2ccc(F)cc2)cc1Cl)c1ccc(COc2c(Cl)c(Cl)c(Cl)c(Cl)c2Cl)o1. The van der Waals surface area contributed by atoms with E-state index in [0.717, 1.165) is 5.56 Å². The van der Waals surface area contributed by atoms with Crippen molar-refractivity contribution >= 4 is 81.3 Å². The molecule has 0 saturated carbocycles. The highest BCUT2D eigenvalue weighted by atomic mass is 35.5. The number of nitrogens with zero attached hydrogens (tertiary/aromatic N) is 2. The Balaban J connectivity index is 1.41. The Morgan fingerprint density at radius 3 is 2.23 bits per heavy atom. The number of hydrogen-bond acceptors (Lipinski definition) is 4. The summed E-state index contributed by atoms with van der Waals surface area (Å²) in [6, 6.07) is 8.93. The van der Waals surface area contributed by atoms with Gasteiger partial charge in [-0.15, -0.1) is 0 Å². The summed E-state index contributed by atoms with van der Waals surface area (Å²) in [6.45, 7) is 0.204. The smallest absolute Gasteiger partial charge is 0.292 e. The second kappa shape index (κ2) is 10.9. The Morgan fingerprint density at radius 1 is 0.943 bits per heavy atom. The third kappa shape index (κ3) is 5.82. The quantitative estimate of drug-likeness (QED) is 0.171. The summed E-state index contributed by atoms with van der Waals surface area (Å²) in [5, 5.41) is 7.01. The zero-order chi connectivity index (χ0) is 25.3. The zero-order valence-corrected chi connectivity index (χ0v) is 21.8. The number of carbonyl (C=O) groups excluding carboxylic acids is 1. The number of amides is 1. The van der Waals surface area contributed by atoms with Gasteiger partial charge in [-0.2, -0.15) is 5.10 Å². The number of benzene rings is 2. The van der Waals surface area contributed by atoms with Crippen LogP contribution in [-0.2, 0) is 13.2 Å². The molecule has 0 atom stereocenters. The van der Waals surface area contributed by atoms with Crippen LogP contribution in [0.3, 0.4) is 0 Å². The molecule has 4 aromatic rings. The van der Waals surface area contributed by atoms with Gasteiger partial charge in [0.05, 0.1) is 21.6 Å². The van der Waals surface area contributed by atoms with Gasteiger partial charge in [-0.1, -0.05) is 81.7 Å². The highest BCUT2D eigenvalue weighted by Crippen LogP contribution is 2.48. The largest absolute Gasteiger partial charge is 0.482 e. The standard InChI is InChI=1S/C22H12Cl6FN3O3/c23-13-8-32(7-10-1-3-11(29)4-2-10)31-21(13)30-22(33)14-6-5-12(35-14)9-34-20-18(27)16(25)15(24)17(26)19(20)28/h1-6,8H,7,9H2,(H,30,31,33). The fraction of sp³-hybridized carbons (Fsp3) is 0.0909. The Bertz CT molecular complexity index is 1380. The predicted molar refractivity (Wildman–Crippen MR) is 135 cm³/mol. The number of carbonyl (C=O) groups is 1. The van der Waals surface area contributed by atoms with E-state index in [1.54, 1.807) is 12.1 Å². The van der Waals surface area contributed by atoms with E-state index >= 15 is 0 Å². The molecular formula is C22H12Cl6FN3O3. The van der Waals surface area contributed by atoms with Crippen LogP contribution in [0.5, 0.6) is 5.75 Å². The third-order valence-electron chi connectivity index (χ3n) is 4.62. The number of hydrogen-bond donors (Lipinski definition) is 1. The molecular weight excluding hydrogens is 586 g/mol. The minimum absolute atomic E-state index is 0.00593. The summed E-state index contributed by atoms with van der Waals surface area (Å²) in [5.74, 6) is -0.491. The van der Waals surface area contributed by atoms with Crippen LogP contribution in [0.1, 0.15) is 21.9 Å². The van der Waals surface area contributed by atoms with E-state index in [9.17, 15) is 9.18 Å². The molecule has 13 heteroatoms. The molecule has 2 heterocycles. The summed E-state index contributed by atoms with van der Waals surface area (Å²) in [7, 11) is 0. The summed E-state index contributed by atoms with van der Waals surface area (Å²) in [6.07, 6.45) is 1.54. The lowest BCUT2D eigenvalue weighted by atomic mass is 10.2. The lowest BCUT2D eigenvalue weighted by molar-refractivity contribution is 0.0992. The van der Waals surface area contributed by atoms with Gasteiger partial charge >= 0.3 is 0 Å². The van der Waals surface area contributed by atoms with Crippen molar-refractivity contribution in [2.75, 3.05) is 5.32 Å². The van der Waals surface area contributed by atoms with Gasteiger partial charge in [-0.05, 0) is 29.8 Å². The van der Waals surface area contributed by atoms with Crippen LogP contribution in [0.25, 0.3) is 0 Å². The normalized spacial score (nSPS) is 11.1. The average Bonchev–Trinajstić information content (AvgIpc) is 3.44. The molecule has 1 N–H and O–H groups in total. The monoisotopic (exact) mass is 595 g/mol. The van der Waals surface area contributed by atoms with Crippen molar-refractivity contribution in [3.8, 4) is 5.75 Å². The van der Waals surface area contributed by atoms with Crippen LogP contribution in [-0.4, -0.2) is 15.7 Å². The molecule has 0 spiro atoms. The molecule has 2 aromatic heterocycles. The second-order valence-electron chi connectivity index (χ2n) is 7.06. The van der Waals surface area contributed by atoms with Crippen molar-refractivity contribution in [3.05, 3.63) is 95.6 Å². The molecule has 0 bridgehead atoms. The average molecular weight is 598 g/mol. The summed E-state index contributed by atoms with van der Waals surface area (Å²) < 4.78 is 25.7. The van der Waals surface area contributed by atoms with E-state index in [1.807, 2.05) is 0 Å². The van der Waals surface area contributed by atoms with Gasteiger partial charge in [0.25, 0.3) is 5.91 Å². The fourth-order valence-electron chi connectivity index (χ4n) is 2.94. The van der Waals surface area contributed by atoms with Gasteiger partial charge in [-0.3, -0.25) is 9.48 Å². The number of halogens is 7. The molecule has 182 valence electrons. The van der Waals surface area contributed by atoms with Crippen molar-refractivity contribution in [1.82, 2.24) is 9.78 Å². The second-order valence-corrected chi connectivity index (χ2v) is 9.35. The maximum atomic E-state index is 13.1. The zero-order valence-electron chi connectivity index (χ0n) is 17.2. The van der Waals surface area contributed by atoms with Crippen molar-refractivity contribution in [2.45, 2.75) is 13.2 Å². The molecule has 0 aliphatic carbocycles. The first kappa shape index (κ1) is 25.9. The number of rotatable bonds is 7. The van der Waals surface area contributed by atoms with Crippen LogP contribution in [0.2, 0.25) is 30.1 Å². The fourth-order valence-corrected chi connectivity index (χ4v) is 4.37. The molecule has 0 unspecified atom stereocenters. The summed E-state index contributed by atoms with van der Waals surface area (Å²) in [4.78, 5) is 12.6. The predicted octanol–water partition coefficient (Wildman–Crippen LogP) is 8.42. The van der Waals surface area contributed by atoms with Crippen molar-refractivity contribution in [1.29, 1.82) is 0 Å². The van der Waals surface area contributed by atoms with Crippen molar-refractivity contribution in [2.24, 2.45) is 0 Å². The van der Waals surface area contributed by atoms with Gasteiger partial charge in [0.15, 0.2) is 17.3 Å². The van der Waals surface area contributed by atoms with E-state index in [2.05, 4.69) is 10.4 Å². The molecule has 1 amide bonds. The number of aromatic nitrogens is 2. The van der Waals surface area contributed by atoms with E-state index < -0.39 is 5.91 Å². The lowest BCUT2D eigenvalue weighted by Gasteiger charge is -2.12. The third-order valence-corrected chi connectivity index (χ3v) is 7.14. The topological polar surface area (TPSA) is 69.3 Å². The van der Waals surface area contributed by atoms with E-state index in [0.29, 0.717) is 6.54 Å². The van der Waals surface area contributed by atoms with Crippen LogP contribution in [0.15, 0.2) is 47.0 Å². The highest BCUT2D eigenvalue weighted by molar-refractivity contribution is 6.55. The van der Waals surface area contributed by atoms with Gasteiger partial charge in [0.1, 0.15) is 33.3 Å². The van der Waals surface area contributed by atoms with E-state index in [-0.39, 0.29) is 65.6 Å². The molecule has 0 saturated heterocycles. The summed E-state index contributed by atoms with van der Waals surface area (Å²) >= 11 is 36.5. The Hall–Kier alpha value is -2.13. The first-order valence-electron chi connectivity index (χ1n) is 9.65. The molecule has 4 rings (SSSR count). The highest BCUT2D eigenvalue weighted by Gasteiger charge is 2.21. The molecule has 35 heavy (non-hydrogen) atoms. The van der Waals surface area contributed by atoms with Crippen molar-refractivity contribution < 1.29 is 18.3 Å². The minimum Gasteiger partial charge on any atom is -0.482 e. The van der Waals surface area contributed by atoms with Gasteiger partial charge in [0, 0.05) is 6.20 Å². The minimum atomic E-state index is -0.584. The molecule has 0 aliphatic rings. The number of nitrogens with one attached hydrogen (secondary N) is 1. The molecule has 2 aromatic carbocycles. The van der Waals surface area contributed by atoms with Gasteiger partial charge in [0.2, 0.25) is 0 Å². The number of anilines is 1. The van der Waals surface area contributed by atoms with E-state index in [4.69, 9.17) is 78.8 Å². The maximum absolute atomic E-state index is 13.1. The van der Waals surface area contributed by atoms with Gasteiger partial charge < -0.3 is 14.5 Å². The number of furan rings is 1. The van der Waals surface area contributed by atoms with Gasteiger partial charge in [-0.25, -0.2) is 4.39 Å². The molecule has 0 radical (unpaired) electrons. The van der Waals surface area contributed by atoms with Crippen LogP contribution >= 0.6 is 69.6 Å². The lowest BCUT2D eigenvalue weighted by Crippen LogP contribution is -2.12. The summed E-state index contributed by atoms with van der Waals surface area (Å²) in [5.41, 5.74) is 0.808. The van der Waals surface area contributed by atoms with Crippen LogP contribution < -0.4 is 10.1 Å². The van der Waals surface area contributed by atoms with E-state index in [1.165, 1.54) is 35.1 Å². The van der Waals surface area contributed by atoms with Crippen molar-refractivity contribution in [3.63, 3.8) is 0 Å². The molecule has 0 aliphatic heterocycles. The van der Waals surface area contributed by atoms with Crippen LogP contribution in [0, 0.1) is 5.82 Å². The van der Waals surface area contributed by atoms with Crippen LogP contribution in [0.4, 0.5) is 10.2 Å². The Morgan fingerprint density at radius 2 is 1.57 bits per heavy atom. The molecule has 0 fully saturated rings. The Labute approximate surface area is 228 Å².